The first-order valence-electron chi connectivity index (χ1n) is 5.74. The molecular weight excluding hydrogens is 264 g/mol. The highest BCUT2D eigenvalue weighted by atomic mass is 32.2. The van der Waals surface area contributed by atoms with Crippen LogP contribution in [0.4, 0.5) is 11.4 Å². The summed E-state index contributed by atoms with van der Waals surface area (Å²) in [6, 6.07) is 7.32. The molecule has 1 aliphatic rings. The molecule has 19 heavy (non-hydrogen) atoms. The monoisotopic (exact) mass is 276 g/mol. The highest BCUT2D eigenvalue weighted by Crippen LogP contribution is 2.38. The molecule has 0 saturated carbocycles. The first-order valence-corrected chi connectivity index (χ1v) is 6.72. The van der Waals surface area contributed by atoms with E-state index in [1.807, 2.05) is 18.2 Å². The first kappa shape index (κ1) is 12.0. The van der Waals surface area contributed by atoms with Crippen LogP contribution in [0.25, 0.3) is 0 Å². The largest absolute Gasteiger partial charge is 0.482 e. The van der Waals surface area contributed by atoms with Crippen molar-refractivity contribution >= 4 is 29.0 Å². The van der Waals surface area contributed by atoms with Crippen molar-refractivity contribution in [3.05, 3.63) is 36.3 Å². The maximum atomic E-state index is 11.3. The zero-order chi connectivity index (χ0) is 13.2. The fourth-order valence-corrected chi connectivity index (χ4v) is 2.68. The second kappa shape index (κ2) is 4.89. The number of benzene rings is 1. The first-order chi connectivity index (χ1) is 9.22. The maximum Gasteiger partial charge on any atom is 0.262 e. The molecule has 1 amide bonds. The highest BCUT2D eigenvalue weighted by Gasteiger charge is 2.18. The minimum Gasteiger partial charge on any atom is -0.482 e. The lowest BCUT2D eigenvalue weighted by atomic mass is 10.2. The zero-order valence-electron chi connectivity index (χ0n) is 10.0. The zero-order valence-corrected chi connectivity index (χ0v) is 10.8. The van der Waals surface area contributed by atoms with Gasteiger partial charge in [-0.2, -0.15) is 0 Å². The van der Waals surface area contributed by atoms with Crippen molar-refractivity contribution in [1.82, 2.24) is 0 Å². The smallest absolute Gasteiger partial charge is 0.262 e. The second-order valence-electron chi connectivity index (χ2n) is 4.09. The summed E-state index contributed by atoms with van der Waals surface area (Å²) in [5.74, 6) is 2.02. The van der Waals surface area contributed by atoms with E-state index in [0.29, 0.717) is 22.9 Å². The summed E-state index contributed by atoms with van der Waals surface area (Å²) >= 11 is 1.55. The van der Waals surface area contributed by atoms with Crippen LogP contribution in [0.5, 0.6) is 5.75 Å². The van der Waals surface area contributed by atoms with Crippen molar-refractivity contribution in [2.45, 2.75) is 10.6 Å². The molecule has 0 aliphatic carbocycles. The van der Waals surface area contributed by atoms with E-state index in [1.54, 1.807) is 24.1 Å². The predicted molar refractivity (Wildman–Crippen MR) is 73.2 cm³/mol. The second-order valence-corrected chi connectivity index (χ2v) is 5.11. The SMILES string of the molecule is Nc1cc2c(cc1SCc1ccco1)NC(=O)CO2. The quantitative estimate of drug-likeness (QED) is 0.665. The van der Waals surface area contributed by atoms with Crippen molar-refractivity contribution in [3.63, 3.8) is 0 Å². The van der Waals surface area contributed by atoms with Crippen LogP contribution in [-0.2, 0) is 10.5 Å². The van der Waals surface area contributed by atoms with Gasteiger partial charge in [0.15, 0.2) is 6.61 Å². The number of nitrogen functional groups attached to an aromatic ring is 1. The summed E-state index contributed by atoms with van der Waals surface area (Å²) in [5.41, 5.74) is 7.27. The standard InChI is InChI=1S/C13H12N2O3S/c14-9-4-11-10(15-13(16)6-18-11)5-12(9)19-7-8-2-1-3-17-8/h1-5H,6-7,14H2,(H,15,16). The lowest BCUT2D eigenvalue weighted by molar-refractivity contribution is -0.118. The maximum absolute atomic E-state index is 11.3. The molecule has 1 aliphatic heterocycles. The van der Waals surface area contributed by atoms with Gasteiger partial charge in [-0.3, -0.25) is 4.79 Å². The summed E-state index contributed by atoms with van der Waals surface area (Å²) in [4.78, 5) is 12.2. The Morgan fingerprint density at radius 2 is 2.32 bits per heavy atom. The van der Waals surface area contributed by atoms with Gasteiger partial charge in [0.05, 0.1) is 17.7 Å². The highest BCUT2D eigenvalue weighted by molar-refractivity contribution is 7.98. The Hall–Kier alpha value is -2.08. The number of hydrogen-bond acceptors (Lipinski definition) is 5. The average Bonchev–Trinajstić information content (AvgIpc) is 2.90. The molecule has 0 spiro atoms. The van der Waals surface area contributed by atoms with Gasteiger partial charge in [0.2, 0.25) is 0 Å². The van der Waals surface area contributed by atoms with Crippen molar-refractivity contribution in [3.8, 4) is 5.75 Å². The summed E-state index contributed by atoms with van der Waals surface area (Å²) in [7, 11) is 0. The Balaban J connectivity index is 1.81. The third-order valence-electron chi connectivity index (χ3n) is 2.69. The van der Waals surface area contributed by atoms with E-state index in [9.17, 15) is 4.79 Å². The van der Waals surface area contributed by atoms with E-state index in [4.69, 9.17) is 14.9 Å². The van der Waals surface area contributed by atoms with E-state index in [0.717, 1.165) is 10.7 Å². The van der Waals surface area contributed by atoms with Gasteiger partial charge in [0, 0.05) is 16.6 Å². The van der Waals surface area contributed by atoms with Crippen molar-refractivity contribution in [2.24, 2.45) is 0 Å². The fraction of sp³-hybridized carbons (Fsp3) is 0.154. The van der Waals surface area contributed by atoms with Crippen LogP contribution >= 0.6 is 11.8 Å². The van der Waals surface area contributed by atoms with E-state index in [-0.39, 0.29) is 12.5 Å². The molecule has 98 valence electrons. The molecule has 6 heteroatoms. The molecule has 2 heterocycles. The van der Waals surface area contributed by atoms with Gasteiger partial charge >= 0.3 is 0 Å². The molecule has 0 unspecified atom stereocenters. The molecule has 0 atom stereocenters. The average molecular weight is 276 g/mol. The van der Waals surface area contributed by atoms with Crippen LogP contribution in [0.15, 0.2) is 39.8 Å². The van der Waals surface area contributed by atoms with Gasteiger partial charge in [-0.1, -0.05) is 0 Å². The number of amides is 1. The molecule has 3 N–H and O–H groups in total. The van der Waals surface area contributed by atoms with Gasteiger partial charge in [0.1, 0.15) is 11.5 Å². The number of carbonyl (C=O) groups is 1. The minimum atomic E-state index is -0.153. The van der Waals surface area contributed by atoms with Gasteiger partial charge in [-0.15, -0.1) is 11.8 Å². The minimum absolute atomic E-state index is 0.0331. The number of nitrogens with two attached hydrogens (primary N) is 1. The molecule has 3 rings (SSSR count). The molecule has 0 radical (unpaired) electrons. The van der Waals surface area contributed by atoms with Crippen molar-refractivity contribution in [1.29, 1.82) is 0 Å². The van der Waals surface area contributed by atoms with Gasteiger partial charge in [-0.25, -0.2) is 0 Å². The number of anilines is 2. The summed E-state index contributed by atoms with van der Waals surface area (Å²) in [5, 5.41) is 2.76. The predicted octanol–water partition coefficient (Wildman–Crippen LogP) is 2.48. The Labute approximate surface area is 114 Å². The van der Waals surface area contributed by atoms with Crippen LogP contribution in [0.1, 0.15) is 5.76 Å². The van der Waals surface area contributed by atoms with Gasteiger partial charge in [0.25, 0.3) is 5.91 Å². The molecule has 1 aromatic carbocycles. The number of hydrogen-bond donors (Lipinski definition) is 2. The number of rotatable bonds is 3. The molecule has 5 nitrogen and oxygen atoms in total. The van der Waals surface area contributed by atoms with Crippen molar-refractivity contribution < 1.29 is 13.9 Å². The topological polar surface area (TPSA) is 77.5 Å². The third-order valence-corrected chi connectivity index (χ3v) is 3.79. The Bertz CT molecular complexity index is 611. The Morgan fingerprint density at radius 1 is 1.42 bits per heavy atom. The Morgan fingerprint density at radius 3 is 3.11 bits per heavy atom. The van der Waals surface area contributed by atoms with Crippen LogP contribution in [-0.4, -0.2) is 12.5 Å². The van der Waals surface area contributed by atoms with Gasteiger partial charge in [-0.05, 0) is 18.2 Å². The number of nitrogens with one attached hydrogen (secondary N) is 1. The molecule has 0 bridgehead atoms. The fourth-order valence-electron chi connectivity index (χ4n) is 1.79. The number of fused-ring (bicyclic) bond motifs is 1. The summed E-state index contributed by atoms with van der Waals surface area (Å²) in [6.45, 7) is 0.0331. The van der Waals surface area contributed by atoms with Crippen LogP contribution in [0.2, 0.25) is 0 Å². The van der Waals surface area contributed by atoms with E-state index < -0.39 is 0 Å². The molecular formula is C13H12N2O3S. The molecule has 0 fully saturated rings. The van der Waals surface area contributed by atoms with E-state index in [2.05, 4.69) is 5.32 Å². The number of carbonyl (C=O) groups excluding carboxylic acids is 1. The number of ether oxygens (including phenoxy) is 1. The van der Waals surface area contributed by atoms with Crippen LogP contribution in [0, 0.1) is 0 Å². The number of furan rings is 1. The third kappa shape index (κ3) is 2.53. The van der Waals surface area contributed by atoms with Crippen LogP contribution < -0.4 is 15.8 Å². The normalized spacial score (nSPS) is 13.6. The molecule has 0 saturated heterocycles. The van der Waals surface area contributed by atoms with Gasteiger partial charge < -0.3 is 20.2 Å². The lowest BCUT2D eigenvalue weighted by Gasteiger charge is -2.19. The Kier molecular flexibility index (Phi) is 3.08. The summed E-state index contributed by atoms with van der Waals surface area (Å²) < 4.78 is 10.6. The van der Waals surface area contributed by atoms with Crippen molar-refractivity contribution in [2.75, 3.05) is 17.7 Å². The van der Waals surface area contributed by atoms with Crippen LogP contribution in [0.3, 0.4) is 0 Å². The summed E-state index contributed by atoms with van der Waals surface area (Å²) in [6.07, 6.45) is 1.64. The lowest BCUT2D eigenvalue weighted by Crippen LogP contribution is -2.25. The van der Waals surface area contributed by atoms with E-state index in [1.165, 1.54) is 0 Å². The van der Waals surface area contributed by atoms with E-state index >= 15 is 0 Å². The molecule has 1 aromatic heterocycles. The number of thioether (sulfide) groups is 1. The molecule has 2 aromatic rings.